The Morgan fingerprint density at radius 1 is 1.14 bits per heavy atom. The third-order valence-electron chi connectivity index (χ3n) is 5.75. The standard InChI is InChI=1S/C23H25N5S/c1-27-15-20(12-26-27)23-24-10-18(11-25-23)14-28-8-4-5-17(13-28)9-19-16-29-22-7-3-2-6-21(19)22/h2-3,6-7,10-12,15-17H,4-5,8-9,13-14H2,1H3. The quantitative estimate of drug-likeness (QED) is 0.491. The Kier molecular flexibility index (Phi) is 5.12. The summed E-state index contributed by atoms with van der Waals surface area (Å²) in [6.07, 6.45) is 11.4. The molecule has 3 aromatic heterocycles. The lowest BCUT2D eigenvalue weighted by Gasteiger charge is -2.32. The van der Waals surface area contributed by atoms with Crippen LogP contribution in [0.3, 0.4) is 0 Å². The lowest BCUT2D eigenvalue weighted by atomic mass is 9.91. The maximum absolute atomic E-state index is 4.55. The van der Waals surface area contributed by atoms with Gasteiger partial charge in [-0.15, -0.1) is 11.3 Å². The van der Waals surface area contributed by atoms with Gasteiger partial charge in [0.15, 0.2) is 5.82 Å². The van der Waals surface area contributed by atoms with E-state index in [0.717, 1.165) is 36.9 Å². The van der Waals surface area contributed by atoms with Crippen molar-refractivity contribution in [3.8, 4) is 11.4 Å². The molecule has 4 heterocycles. The second-order valence-electron chi connectivity index (χ2n) is 8.02. The van der Waals surface area contributed by atoms with Crippen LogP contribution in [0.5, 0.6) is 0 Å². The Labute approximate surface area is 175 Å². The maximum atomic E-state index is 4.55. The first-order chi connectivity index (χ1) is 14.2. The van der Waals surface area contributed by atoms with Crippen LogP contribution in [0.4, 0.5) is 0 Å². The number of piperidine rings is 1. The van der Waals surface area contributed by atoms with Crippen LogP contribution in [0.25, 0.3) is 21.5 Å². The third kappa shape index (κ3) is 4.09. The number of rotatable bonds is 5. The Hall–Kier alpha value is -2.57. The highest BCUT2D eigenvalue weighted by atomic mass is 32.1. The summed E-state index contributed by atoms with van der Waals surface area (Å²) in [5.74, 6) is 1.46. The number of fused-ring (bicyclic) bond motifs is 1. The molecule has 6 heteroatoms. The van der Waals surface area contributed by atoms with Gasteiger partial charge in [-0.1, -0.05) is 18.2 Å². The minimum absolute atomic E-state index is 0.720. The maximum Gasteiger partial charge on any atom is 0.162 e. The number of aromatic nitrogens is 4. The van der Waals surface area contributed by atoms with Crippen molar-refractivity contribution in [1.29, 1.82) is 0 Å². The molecule has 1 saturated heterocycles. The number of thiophene rings is 1. The molecule has 0 aliphatic carbocycles. The summed E-state index contributed by atoms with van der Waals surface area (Å²) in [6, 6.07) is 8.78. The third-order valence-corrected chi connectivity index (χ3v) is 6.76. The highest BCUT2D eigenvalue weighted by Crippen LogP contribution is 2.30. The molecule has 4 aromatic rings. The minimum Gasteiger partial charge on any atom is -0.299 e. The monoisotopic (exact) mass is 403 g/mol. The molecule has 0 bridgehead atoms. The Morgan fingerprint density at radius 2 is 2.00 bits per heavy atom. The lowest BCUT2D eigenvalue weighted by Crippen LogP contribution is -2.35. The van der Waals surface area contributed by atoms with Gasteiger partial charge in [0.1, 0.15) is 0 Å². The zero-order valence-corrected chi connectivity index (χ0v) is 17.5. The van der Waals surface area contributed by atoms with Crippen molar-refractivity contribution in [1.82, 2.24) is 24.6 Å². The molecule has 1 aliphatic rings. The number of hydrogen-bond acceptors (Lipinski definition) is 5. The predicted molar refractivity (Wildman–Crippen MR) is 118 cm³/mol. The Morgan fingerprint density at radius 3 is 2.83 bits per heavy atom. The average Bonchev–Trinajstić information content (AvgIpc) is 3.36. The molecule has 1 unspecified atom stereocenters. The number of nitrogens with zero attached hydrogens (tertiary/aromatic N) is 5. The summed E-state index contributed by atoms with van der Waals surface area (Å²) in [5.41, 5.74) is 3.65. The molecule has 5 nitrogen and oxygen atoms in total. The van der Waals surface area contributed by atoms with Crippen LogP contribution in [0.2, 0.25) is 0 Å². The fraction of sp³-hybridized carbons (Fsp3) is 0.348. The molecular weight excluding hydrogens is 378 g/mol. The zero-order chi connectivity index (χ0) is 19.6. The molecule has 1 aromatic carbocycles. The van der Waals surface area contributed by atoms with E-state index in [4.69, 9.17) is 0 Å². The van der Waals surface area contributed by atoms with E-state index in [1.165, 1.54) is 40.5 Å². The Bertz CT molecular complexity index is 1100. The summed E-state index contributed by atoms with van der Waals surface area (Å²) in [5, 5.41) is 7.99. The van der Waals surface area contributed by atoms with Crippen LogP contribution in [0.1, 0.15) is 24.0 Å². The van der Waals surface area contributed by atoms with E-state index >= 15 is 0 Å². The first kappa shape index (κ1) is 18.5. The molecule has 0 spiro atoms. The van der Waals surface area contributed by atoms with Gasteiger partial charge in [-0.3, -0.25) is 9.58 Å². The molecule has 5 rings (SSSR count). The molecule has 1 aliphatic heterocycles. The summed E-state index contributed by atoms with van der Waals surface area (Å²) in [7, 11) is 1.91. The molecule has 0 N–H and O–H groups in total. The normalized spacial score (nSPS) is 17.8. The molecule has 0 saturated carbocycles. The smallest absolute Gasteiger partial charge is 0.162 e. The topological polar surface area (TPSA) is 46.8 Å². The molecule has 148 valence electrons. The molecule has 0 amide bonds. The van der Waals surface area contributed by atoms with Gasteiger partial charge >= 0.3 is 0 Å². The van der Waals surface area contributed by atoms with Gasteiger partial charge in [0.05, 0.1) is 11.8 Å². The van der Waals surface area contributed by atoms with Crippen molar-refractivity contribution < 1.29 is 0 Å². The van der Waals surface area contributed by atoms with Crippen molar-refractivity contribution in [3.05, 3.63) is 65.6 Å². The lowest BCUT2D eigenvalue weighted by molar-refractivity contribution is 0.167. The second-order valence-corrected chi connectivity index (χ2v) is 8.93. The molecule has 1 fully saturated rings. The molecular formula is C23H25N5S. The van der Waals surface area contributed by atoms with Gasteiger partial charge in [0.2, 0.25) is 0 Å². The van der Waals surface area contributed by atoms with Crippen LogP contribution < -0.4 is 0 Å². The van der Waals surface area contributed by atoms with Crippen LogP contribution in [0, 0.1) is 5.92 Å². The van der Waals surface area contributed by atoms with E-state index in [2.05, 4.69) is 49.6 Å². The number of benzene rings is 1. The van der Waals surface area contributed by atoms with Crippen molar-refractivity contribution in [2.24, 2.45) is 13.0 Å². The summed E-state index contributed by atoms with van der Waals surface area (Å²) < 4.78 is 3.18. The van der Waals surface area contributed by atoms with E-state index in [1.807, 2.05) is 37.0 Å². The van der Waals surface area contributed by atoms with Gasteiger partial charge in [-0.25, -0.2) is 9.97 Å². The molecule has 0 radical (unpaired) electrons. The first-order valence-electron chi connectivity index (χ1n) is 10.2. The molecule has 29 heavy (non-hydrogen) atoms. The van der Waals surface area contributed by atoms with Crippen molar-refractivity contribution >= 4 is 21.4 Å². The Balaban J connectivity index is 1.23. The van der Waals surface area contributed by atoms with Crippen molar-refractivity contribution in [3.63, 3.8) is 0 Å². The van der Waals surface area contributed by atoms with Gasteiger partial charge in [0.25, 0.3) is 0 Å². The van der Waals surface area contributed by atoms with Crippen LogP contribution >= 0.6 is 11.3 Å². The van der Waals surface area contributed by atoms with Crippen LogP contribution in [-0.2, 0) is 20.0 Å². The van der Waals surface area contributed by atoms with Gasteiger partial charge in [-0.2, -0.15) is 5.10 Å². The van der Waals surface area contributed by atoms with Crippen LogP contribution in [0.15, 0.2) is 54.4 Å². The van der Waals surface area contributed by atoms with Gasteiger partial charge in [0, 0.05) is 49.0 Å². The fourth-order valence-corrected chi connectivity index (χ4v) is 5.32. The molecule has 1 atom stereocenters. The van der Waals surface area contributed by atoms with E-state index in [0.29, 0.717) is 0 Å². The van der Waals surface area contributed by atoms with Crippen LogP contribution in [-0.4, -0.2) is 37.7 Å². The highest BCUT2D eigenvalue weighted by molar-refractivity contribution is 7.17. The summed E-state index contributed by atoms with van der Waals surface area (Å²) >= 11 is 1.87. The van der Waals surface area contributed by atoms with E-state index < -0.39 is 0 Å². The van der Waals surface area contributed by atoms with Gasteiger partial charge in [-0.05, 0) is 54.1 Å². The van der Waals surface area contributed by atoms with Crippen molar-refractivity contribution in [2.75, 3.05) is 13.1 Å². The summed E-state index contributed by atoms with van der Waals surface area (Å²) in [6.45, 7) is 3.23. The van der Waals surface area contributed by atoms with E-state index in [-0.39, 0.29) is 0 Å². The number of hydrogen-bond donors (Lipinski definition) is 0. The highest BCUT2D eigenvalue weighted by Gasteiger charge is 2.21. The fourth-order valence-electron chi connectivity index (χ4n) is 4.34. The van der Waals surface area contributed by atoms with Gasteiger partial charge < -0.3 is 0 Å². The predicted octanol–water partition coefficient (Wildman–Crippen LogP) is 4.55. The summed E-state index contributed by atoms with van der Waals surface area (Å²) in [4.78, 5) is 11.7. The van der Waals surface area contributed by atoms with E-state index in [9.17, 15) is 0 Å². The second kappa shape index (κ2) is 8.05. The minimum atomic E-state index is 0.720. The number of aryl methyl sites for hydroxylation is 1. The number of likely N-dealkylation sites (tertiary alicyclic amines) is 1. The largest absolute Gasteiger partial charge is 0.299 e. The SMILES string of the molecule is Cn1cc(-c2ncc(CN3CCCC(Cc4csc5ccccc45)C3)cn2)cn1. The van der Waals surface area contributed by atoms with Crippen molar-refractivity contribution in [2.45, 2.75) is 25.8 Å². The first-order valence-corrected chi connectivity index (χ1v) is 11.1. The van der Waals surface area contributed by atoms with E-state index in [1.54, 1.807) is 10.9 Å². The average molecular weight is 404 g/mol. The zero-order valence-electron chi connectivity index (χ0n) is 16.7.